The van der Waals surface area contributed by atoms with E-state index in [0.717, 1.165) is 63.8 Å². The molecule has 1 amide bonds. The fraction of sp³-hybridized carbons (Fsp3) is 0.526. The van der Waals surface area contributed by atoms with Gasteiger partial charge in [0, 0.05) is 50.9 Å². The number of benzene rings is 1. The zero-order chi connectivity index (χ0) is 18.6. The van der Waals surface area contributed by atoms with Crippen LogP contribution in [0.4, 0.5) is 4.39 Å². The molecule has 3 heterocycles. The number of nitrogens with zero attached hydrogens (tertiary/aromatic N) is 4. The summed E-state index contributed by atoms with van der Waals surface area (Å²) in [5.74, 6) is 0.958. The number of hydrogen-bond acceptors (Lipinski definition) is 5. The minimum atomic E-state index is -0.424. The first kappa shape index (κ1) is 18.1. The maximum Gasteiger partial charge on any atom is 0.251 e. The molecule has 2 aliphatic heterocycles. The fourth-order valence-corrected chi connectivity index (χ4v) is 3.84. The van der Waals surface area contributed by atoms with Gasteiger partial charge in [0.25, 0.3) is 5.91 Å². The van der Waals surface area contributed by atoms with E-state index in [1.54, 1.807) is 6.07 Å². The average molecular weight is 373 g/mol. The smallest absolute Gasteiger partial charge is 0.251 e. The Morgan fingerprint density at radius 2 is 2.07 bits per heavy atom. The molecule has 144 valence electrons. The predicted molar refractivity (Wildman–Crippen MR) is 96.7 cm³/mol. The lowest BCUT2D eigenvalue weighted by atomic mass is 10.1. The Balaban J connectivity index is 1.38. The monoisotopic (exact) mass is 373 g/mol. The van der Waals surface area contributed by atoms with Crippen LogP contribution in [0.2, 0.25) is 0 Å². The van der Waals surface area contributed by atoms with Gasteiger partial charge in [-0.05, 0) is 31.0 Å². The van der Waals surface area contributed by atoms with E-state index in [1.807, 2.05) is 0 Å². The number of ether oxygens (including phenoxy) is 1. The van der Waals surface area contributed by atoms with Crippen LogP contribution in [-0.2, 0) is 24.2 Å². The Kier molecular flexibility index (Phi) is 5.45. The van der Waals surface area contributed by atoms with Crippen LogP contribution < -0.4 is 5.32 Å². The summed E-state index contributed by atoms with van der Waals surface area (Å²) in [6.45, 7) is 4.68. The van der Waals surface area contributed by atoms with Gasteiger partial charge in [-0.3, -0.25) is 9.69 Å². The quantitative estimate of drug-likeness (QED) is 0.877. The molecule has 2 aliphatic rings. The van der Waals surface area contributed by atoms with Crippen molar-refractivity contribution >= 4 is 5.91 Å². The highest BCUT2D eigenvalue weighted by Crippen LogP contribution is 2.18. The Hall–Kier alpha value is -2.32. The maximum atomic E-state index is 13.3. The third-order valence-electron chi connectivity index (χ3n) is 5.34. The van der Waals surface area contributed by atoms with E-state index in [1.165, 1.54) is 18.2 Å². The number of fused-ring (bicyclic) bond motifs is 1. The summed E-state index contributed by atoms with van der Waals surface area (Å²) in [7, 11) is 0. The summed E-state index contributed by atoms with van der Waals surface area (Å²) in [5.41, 5.74) is 0.302. The van der Waals surface area contributed by atoms with E-state index >= 15 is 0 Å². The predicted octanol–water partition coefficient (Wildman–Crippen LogP) is 1.38. The molecule has 0 spiro atoms. The van der Waals surface area contributed by atoms with Crippen LogP contribution in [-0.4, -0.2) is 57.9 Å². The molecule has 0 radical (unpaired) electrons. The van der Waals surface area contributed by atoms with Crippen LogP contribution >= 0.6 is 0 Å². The maximum absolute atomic E-state index is 13.3. The molecule has 7 nitrogen and oxygen atoms in total. The third kappa shape index (κ3) is 4.17. The minimum Gasteiger partial charge on any atom is -0.381 e. The molecule has 0 atom stereocenters. The number of hydrogen-bond donors (Lipinski definition) is 1. The van der Waals surface area contributed by atoms with Gasteiger partial charge in [-0.25, -0.2) is 4.39 Å². The van der Waals surface area contributed by atoms with Crippen molar-refractivity contribution in [3.05, 3.63) is 47.3 Å². The van der Waals surface area contributed by atoms with E-state index in [-0.39, 0.29) is 12.5 Å². The lowest BCUT2D eigenvalue weighted by Crippen LogP contribution is -2.41. The SMILES string of the molecule is O=C(NCc1nnc2n1CCN(C1CCOCC1)CC2)c1cccc(F)c1. The second kappa shape index (κ2) is 8.14. The van der Waals surface area contributed by atoms with Crippen molar-refractivity contribution in [2.75, 3.05) is 26.3 Å². The van der Waals surface area contributed by atoms with Crippen LogP contribution in [0.5, 0.6) is 0 Å². The highest BCUT2D eigenvalue weighted by atomic mass is 19.1. The van der Waals surface area contributed by atoms with Crippen molar-refractivity contribution < 1.29 is 13.9 Å². The Bertz CT molecular complexity index is 803. The van der Waals surface area contributed by atoms with Crippen LogP contribution in [0.25, 0.3) is 0 Å². The van der Waals surface area contributed by atoms with Crippen molar-refractivity contribution in [1.82, 2.24) is 25.0 Å². The van der Waals surface area contributed by atoms with E-state index in [4.69, 9.17) is 4.74 Å². The molecule has 1 aromatic carbocycles. The van der Waals surface area contributed by atoms with Gasteiger partial charge in [0.1, 0.15) is 11.6 Å². The molecule has 0 bridgehead atoms. The van der Waals surface area contributed by atoms with Gasteiger partial charge in [0.2, 0.25) is 0 Å². The molecule has 0 aliphatic carbocycles. The molecule has 1 saturated heterocycles. The summed E-state index contributed by atoms with van der Waals surface area (Å²) in [6.07, 6.45) is 3.01. The van der Waals surface area contributed by atoms with Gasteiger partial charge in [-0.15, -0.1) is 10.2 Å². The fourth-order valence-electron chi connectivity index (χ4n) is 3.84. The number of amides is 1. The zero-order valence-electron chi connectivity index (χ0n) is 15.2. The van der Waals surface area contributed by atoms with Gasteiger partial charge < -0.3 is 14.6 Å². The van der Waals surface area contributed by atoms with Gasteiger partial charge in [0.05, 0.1) is 6.54 Å². The molecule has 1 N–H and O–H groups in total. The van der Waals surface area contributed by atoms with Gasteiger partial charge in [-0.2, -0.15) is 0 Å². The molecule has 0 saturated carbocycles. The number of halogens is 1. The molecular weight excluding hydrogens is 349 g/mol. The lowest BCUT2D eigenvalue weighted by molar-refractivity contribution is 0.0346. The molecular formula is C19H24FN5O2. The normalized spacial score (nSPS) is 18.7. The summed E-state index contributed by atoms with van der Waals surface area (Å²) < 4.78 is 20.9. The van der Waals surface area contributed by atoms with Gasteiger partial charge >= 0.3 is 0 Å². The summed E-state index contributed by atoms with van der Waals surface area (Å²) in [6, 6.07) is 6.24. The first-order valence-corrected chi connectivity index (χ1v) is 9.47. The number of carbonyl (C=O) groups excluding carboxylic acids is 1. The van der Waals surface area contributed by atoms with E-state index in [0.29, 0.717) is 11.6 Å². The largest absolute Gasteiger partial charge is 0.381 e. The highest BCUT2D eigenvalue weighted by Gasteiger charge is 2.25. The summed E-state index contributed by atoms with van der Waals surface area (Å²) >= 11 is 0. The van der Waals surface area contributed by atoms with Crippen molar-refractivity contribution in [3.8, 4) is 0 Å². The lowest BCUT2D eigenvalue weighted by Gasteiger charge is -2.33. The third-order valence-corrected chi connectivity index (χ3v) is 5.34. The summed E-state index contributed by atoms with van der Waals surface area (Å²) in [4.78, 5) is 14.8. The van der Waals surface area contributed by atoms with Crippen LogP contribution in [0.1, 0.15) is 34.8 Å². The standard InChI is InChI=1S/C19H24FN5O2/c20-15-3-1-2-14(12-15)19(26)21-13-18-23-22-17-4-7-24(8-9-25(17)18)16-5-10-27-11-6-16/h1-3,12,16H,4-11,13H2,(H,21,26). The second-order valence-electron chi connectivity index (χ2n) is 7.01. The highest BCUT2D eigenvalue weighted by molar-refractivity contribution is 5.94. The number of aromatic nitrogens is 3. The van der Waals surface area contributed by atoms with Crippen LogP contribution in [0.3, 0.4) is 0 Å². The molecule has 0 unspecified atom stereocenters. The van der Waals surface area contributed by atoms with E-state index in [2.05, 4.69) is 25.0 Å². The minimum absolute atomic E-state index is 0.277. The molecule has 27 heavy (non-hydrogen) atoms. The summed E-state index contributed by atoms with van der Waals surface area (Å²) in [5, 5.41) is 11.4. The van der Waals surface area contributed by atoms with E-state index in [9.17, 15) is 9.18 Å². The van der Waals surface area contributed by atoms with Crippen LogP contribution in [0.15, 0.2) is 24.3 Å². The average Bonchev–Trinajstić information content (AvgIpc) is 2.96. The first-order valence-electron chi connectivity index (χ1n) is 9.47. The Labute approximate surface area is 157 Å². The van der Waals surface area contributed by atoms with Crippen molar-refractivity contribution in [2.24, 2.45) is 0 Å². The number of nitrogens with one attached hydrogen (secondary N) is 1. The zero-order valence-corrected chi connectivity index (χ0v) is 15.2. The number of carbonyl (C=O) groups is 1. The molecule has 1 fully saturated rings. The first-order chi connectivity index (χ1) is 13.2. The van der Waals surface area contributed by atoms with Gasteiger partial charge in [-0.1, -0.05) is 6.07 Å². The Morgan fingerprint density at radius 1 is 1.22 bits per heavy atom. The van der Waals surface area contributed by atoms with Gasteiger partial charge in [0.15, 0.2) is 5.82 Å². The number of rotatable bonds is 4. The van der Waals surface area contributed by atoms with Crippen molar-refractivity contribution in [2.45, 2.75) is 38.4 Å². The molecule has 1 aromatic heterocycles. The molecule has 4 rings (SSSR count). The molecule has 8 heteroatoms. The van der Waals surface area contributed by atoms with Crippen molar-refractivity contribution in [1.29, 1.82) is 0 Å². The van der Waals surface area contributed by atoms with E-state index < -0.39 is 5.82 Å². The molecule has 2 aromatic rings. The van der Waals surface area contributed by atoms with Crippen molar-refractivity contribution in [3.63, 3.8) is 0 Å². The van der Waals surface area contributed by atoms with Crippen LogP contribution in [0, 0.1) is 5.82 Å². The topological polar surface area (TPSA) is 72.3 Å². The Morgan fingerprint density at radius 3 is 2.89 bits per heavy atom. The second-order valence-corrected chi connectivity index (χ2v) is 7.01.